The number of rotatable bonds is 3. The van der Waals surface area contributed by atoms with E-state index in [0.29, 0.717) is 0 Å². The molecule has 0 saturated heterocycles. The average Bonchev–Trinajstić information content (AvgIpc) is 2.25. The Bertz CT molecular complexity index is 365. The highest BCUT2D eigenvalue weighted by molar-refractivity contribution is 9.10. The number of hydrogen-bond acceptors (Lipinski definition) is 2. The van der Waals surface area contributed by atoms with Crippen LogP contribution in [0.2, 0.25) is 0 Å². The zero-order valence-corrected chi connectivity index (χ0v) is 11.5. The third-order valence-electron chi connectivity index (χ3n) is 2.86. The monoisotopic (exact) mass is 283 g/mol. The molecule has 0 bridgehead atoms. The van der Waals surface area contributed by atoms with Crippen LogP contribution in [0, 0.1) is 5.92 Å². The topological polar surface area (TPSA) is 12.5 Å². The second-order valence-corrected chi connectivity index (χ2v) is 5.55. The average molecular weight is 284 g/mol. The van der Waals surface area contributed by atoms with Gasteiger partial charge in [0, 0.05) is 11.0 Å². The molecule has 0 N–H and O–H groups in total. The van der Waals surface area contributed by atoms with Crippen molar-refractivity contribution in [3.05, 3.63) is 22.7 Å². The second-order valence-electron chi connectivity index (χ2n) is 4.63. The van der Waals surface area contributed by atoms with Crippen molar-refractivity contribution in [2.75, 3.05) is 24.6 Å². The highest BCUT2D eigenvalue weighted by atomic mass is 79.9. The molecule has 0 fully saturated rings. The summed E-state index contributed by atoms with van der Waals surface area (Å²) in [4.78, 5) is 2.42. The Morgan fingerprint density at radius 3 is 3.00 bits per heavy atom. The van der Waals surface area contributed by atoms with Crippen LogP contribution in [0.5, 0.6) is 5.75 Å². The van der Waals surface area contributed by atoms with Gasteiger partial charge in [-0.3, -0.25) is 0 Å². The second kappa shape index (κ2) is 5.09. The van der Waals surface area contributed by atoms with E-state index in [-0.39, 0.29) is 0 Å². The molecule has 0 saturated carbocycles. The first-order valence-corrected chi connectivity index (χ1v) is 6.63. The zero-order chi connectivity index (χ0) is 11.5. The molecule has 1 aromatic rings. The Kier molecular flexibility index (Phi) is 3.74. The van der Waals surface area contributed by atoms with Crippen molar-refractivity contribution in [1.82, 2.24) is 0 Å². The summed E-state index contributed by atoms with van der Waals surface area (Å²) >= 11 is 3.47. The van der Waals surface area contributed by atoms with E-state index in [1.54, 1.807) is 0 Å². The third-order valence-corrected chi connectivity index (χ3v) is 3.35. The van der Waals surface area contributed by atoms with Crippen LogP contribution in [0.15, 0.2) is 22.7 Å². The summed E-state index contributed by atoms with van der Waals surface area (Å²) in [5.41, 5.74) is 1.23. The van der Waals surface area contributed by atoms with Gasteiger partial charge in [0.15, 0.2) is 0 Å². The SMILES string of the molecule is CC(C)CCN1CCOc2cc(Br)ccc21. The van der Waals surface area contributed by atoms with Crippen LogP contribution in [0.4, 0.5) is 5.69 Å². The van der Waals surface area contributed by atoms with Gasteiger partial charge in [-0.15, -0.1) is 0 Å². The summed E-state index contributed by atoms with van der Waals surface area (Å²) in [5.74, 6) is 1.76. The van der Waals surface area contributed by atoms with Gasteiger partial charge in [-0.2, -0.15) is 0 Å². The lowest BCUT2D eigenvalue weighted by atomic mass is 10.1. The molecule has 88 valence electrons. The van der Waals surface area contributed by atoms with Crippen molar-refractivity contribution in [2.24, 2.45) is 5.92 Å². The van der Waals surface area contributed by atoms with Crippen LogP contribution >= 0.6 is 15.9 Å². The Morgan fingerprint density at radius 2 is 2.25 bits per heavy atom. The minimum absolute atomic E-state index is 0.752. The molecule has 1 aromatic carbocycles. The summed E-state index contributed by atoms with van der Waals surface area (Å²) in [6, 6.07) is 6.27. The van der Waals surface area contributed by atoms with Gasteiger partial charge in [0.2, 0.25) is 0 Å². The van der Waals surface area contributed by atoms with Gasteiger partial charge in [-0.1, -0.05) is 29.8 Å². The van der Waals surface area contributed by atoms with Crippen molar-refractivity contribution in [2.45, 2.75) is 20.3 Å². The fraction of sp³-hybridized carbons (Fsp3) is 0.538. The van der Waals surface area contributed by atoms with Crippen LogP contribution < -0.4 is 9.64 Å². The van der Waals surface area contributed by atoms with E-state index < -0.39 is 0 Å². The first-order valence-electron chi connectivity index (χ1n) is 5.84. The summed E-state index contributed by atoms with van der Waals surface area (Å²) in [7, 11) is 0. The van der Waals surface area contributed by atoms with Crippen LogP contribution in [0.1, 0.15) is 20.3 Å². The maximum atomic E-state index is 5.67. The van der Waals surface area contributed by atoms with Gasteiger partial charge in [0.25, 0.3) is 0 Å². The van der Waals surface area contributed by atoms with E-state index in [1.165, 1.54) is 12.1 Å². The van der Waals surface area contributed by atoms with Crippen LogP contribution in [-0.4, -0.2) is 19.7 Å². The van der Waals surface area contributed by atoms with Crippen LogP contribution in [0.3, 0.4) is 0 Å². The molecule has 16 heavy (non-hydrogen) atoms. The van der Waals surface area contributed by atoms with E-state index in [2.05, 4.69) is 52.9 Å². The number of hydrogen-bond donors (Lipinski definition) is 0. The van der Waals surface area contributed by atoms with Crippen molar-refractivity contribution in [3.63, 3.8) is 0 Å². The molecular weight excluding hydrogens is 266 g/mol. The van der Waals surface area contributed by atoms with Gasteiger partial charge >= 0.3 is 0 Å². The summed E-state index contributed by atoms with van der Waals surface area (Å²) in [6.45, 7) is 7.45. The molecule has 1 aliphatic heterocycles. The van der Waals surface area contributed by atoms with Crippen molar-refractivity contribution >= 4 is 21.6 Å². The van der Waals surface area contributed by atoms with E-state index in [9.17, 15) is 0 Å². The maximum absolute atomic E-state index is 5.67. The predicted molar refractivity (Wildman–Crippen MR) is 71.3 cm³/mol. The fourth-order valence-corrected chi connectivity index (χ4v) is 2.24. The molecule has 2 nitrogen and oxygen atoms in total. The lowest BCUT2D eigenvalue weighted by molar-refractivity contribution is 0.305. The smallest absolute Gasteiger partial charge is 0.143 e. The number of ether oxygens (including phenoxy) is 1. The van der Waals surface area contributed by atoms with Crippen molar-refractivity contribution in [1.29, 1.82) is 0 Å². The Balaban J connectivity index is 2.13. The summed E-state index contributed by atoms with van der Waals surface area (Å²) < 4.78 is 6.75. The first-order chi connectivity index (χ1) is 7.66. The number of halogens is 1. The van der Waals surface area contributed by atoms with Gasteiger partial charge in [0.1, 0.15) is 12.4 Å². The number of anilines is 1. The van der Waals surface area contributed by atoms with Gasteiger partial charge in [0.05, 0.1) is 12.2 Å². The van der Waals surface area contributed by atoms with Gasteiger partial charge in [-0.25, -0.2) is 0 Å². The molecule has 0 atom stereocenters. The van der Waals surface area contributed by atoms with E-state index in [4.69, 9.17) is 4.74 Å². The highest BCUT2D eigenvalue weighted by Crippen LogP contribution is 2.34. The van der Waals surface area contributed by atoms with Gasteiger partial charge in [-0.05, 0) is 30.5 Å². The summed E-state index contributed by atoms with van der Waals surface area (Å²) in [6.07, 6.45) is 1.23. The lowest BCUT2D eigenvalue weighted by Gasteiger charge is -2.31. The van der Waals surface area contributed by atoms with Crippen molar-refractivity contribution < 1.29 is 4.74 Å². The third kappa shape index (κ3) is 2.70. The minimum Gasteiger partial charge on any atom is -0.490 e. The molecule has 0 spiro atoms. The fourth-order valence-electron chi connectivity index (χ4n) is 1.90. The molecule has 2 rings (SSSR count). The van der Waals surface area contributed by atoms with Crippen LogP contribution in [-0.2, 0) is 0 Å². The summed E-state index contributed by atoms with van der Waals surface area (Å²) in [5, 5.41) is 0. The standard InChI is InChI=1S/C13H18BrNO/c1-10(2)5-6-15-7-8-16-13-9-11(14)3-4-12(13)15/h3-4,9-10H,5-8H2,1-2H3. The number of benzene rings is 1. The molecule has 0 aromatic heterocycles. The number of fused-ring (bicyclic) bond motifs is 1. The normalized spacial score (nSPS) is 14.9. The highest BCUT2D eigenvalue weighted by Gasteiger charge is 2.17. The molecule has 1 aliphatic rings. The minimum atomic E-state index is 0.752. The predicted octanol–water partition coefficient (Wildman–Crippen LogP) is 3.69. The molecule has 3 heteroatoms. The Morgan fingerprint density at radius 1 is 1.44 bits per heavy atom. The van der Waals surface area contributed by atoms with E-state index in [0.717, 1.165) is 35.8 Å². The molecule has 1 heterocycles. The van der Waals surface area contributed by atoms with E-state index in [1.807, 2.05) is 0 Å². The quantitative estimate of drug-likeness (QED) is 0.839. The Labute approximate surface area is 106 Å². The molecule has 0 unspecified atom stereocenters. The zero-order valence-electron chi connectivity index (χ0n) is 9.87. The van der Waals surface area contributed by atoms with Crippen LogP contribution in [0.25, 0.3) is 0 Å². The Hall–Kier alpha value is -0.700. The largest absolute Gasteiger partial charge is 0.490 e. The van der Waals surface area contributed by atoms with Crippen molar-refractivity contribution in [3.8, 4) is 5.75 Å². The maximum Gasteiger partial charge on any atom is 0.143 e. The van der Waals surface area contributed by atoms with E-state index >= 15 is 0 Å². The first kappa shape index (κ1) is 11.8. The molecule has 0 radical (unpaired) electrons. The van der Waals surface area contributed by atoms with Gasteiger partial charge < -0.3 is 9.64 Å². The molecular formula is C13H18BrNO. The molecule has 0 aliphatic carbocycles. The molecule has 0 amide bonds. The lowest BCUT2D eigenvalue weighted by Crippen LogP contribution is -2.33. The number of nitrogens with zero attached hydrogens (tertiary/aromatic N) is 1.